The monoisotopic (exact) mass is 319 g/mol. The summed E-state index contributed by atoms with van der Waals surface area (Å²) in [4.78, 5) is 10.9. The highest BCUT2D eigenvalue weighted by molar-refractivity contribution is 5.37. The summed E-state index contributed by atoms with van der Waals surface area (Å²) in [6, 6.07) is 10.6. The van der Waals surface area contributed by atoms with Gasteiger partial charge in [0.2, 0.25) is 0 Å². The van der Waals surface area contributed by atoms with E-state index >= 15 is 0 Å². The van der Waals surface area contributed by atoms with E-state index in [1.807, 2.05) is 12.4 Å². The van der Waals surface area contributed by atoms with Crippen LogP contribution in [0.3, 0.4) is 0 Å². The summed E-state index contributed by atoms with van der Waals surface area (Å²) in [5.41, 5.74) is 3.95. The number of hydrogen-bond acceptors (Lipinski definition) is 4. The first-order chi connectivity index (χ1) is 11.9. The van der Waals surface area contributed by atoms with E-state index in [9.17, 15) is 0 Å². The van der Waals surface area contributed by atoms with Crippen molar-refractivity contribution in [3.8, 4) is 0 Å². The highest BCUT2D eigenvalue weighted by Gasteiger charge is 2.24. The number of benzene rings is 1. The van der Waals surface area contributed by atoms with Gasteiger partial charge in [-0.05, 0) is 24.0 Å². The quantitative estimate of drug-likeness (QED) is 0.802. The largest absolute Gasteiger partial charge is 0.355 e. The van der Waals surface area contributed by atoms with Gasteiger partial charge >= 0.3 is 0 Å². The van der Waals surface area contributed by atoms with Crippen LogP contribution in [0.4, 0.5) is 5.82 Å². The minimum absolute atomic E-state index is 0.541. The van der Waals surface area contributed by atoms with Crippen molar-refractivity contribution < 1.29 is 0 Å². The van der Waals surface area contributed by atoms with Gasteiger partial charge in [0.1, 0.15) is 5.82 Å². The minimum atomic E-state index is 0.541. The standard InChI is InChI=1S/C19H21N5/c1-2-4-15(5-3-1)12-17-13-22-23-19(17)16-6-10-24(11-7-16)18-14-20-8-9-21-18/h1-5,8-9,13-14,16H,6-7,10-12H2,(H,22,23). The maximum atomic E-state index is 4.41. The Morgan fingerprint density at radius 3 is 2.62 bits per heavy atom. The van der Waals surface area contributed by atoms with Crippen LogP contribution in [-0.4, -0.2) is 33.3 Å². The van der Waals surface area contributed by atoms with E-state index in [1.165, 1.54) is 16.8 Å². The third kappa shape index (κ3) is 3.15. The highest BCUT2D eigenvalue weighted by Crippen LogP contribution is 2.31. The molecule has 0 amide bonds. The number of anilines is 1. The van der Waals surface area contributed by atoms with E-state index in [-0.39, 0.29) is 0 Å². The van der Waals surface area contributed by atoms with Gasteiger partial charge in [0.05, 0.1) is 12.4 Å². The van der Waals surface area contributed by atoms with E-state index in [0.717, 1.165) is 38.2 Å². The lowest BCUT2D eigenvalue weighted by Crippen LogP contribution is -2.33. The molecule has 1 saturated heterocycles. The Bertz CT molecular complexity index is 761. The van der Waals surface area contributed by atoms with Crippen LogP contribution in [0.1, 0.15) is 35.6 Å². The zero-order valence-electron chi connectivity index (χ0n) is 13.6. The van der Waals surface area contributed by atoms with Gasteiger partial charge in [-0.15, -0.1) is 0 Å². The first-order valence-corrected chi connectivity index (χ1v) is 8.47. The topological polar surface area (TPSA) is 57.7 Å². The van der Waals surface area contributed by atoms with Gasteiger partial charge < -0.3 is 4.90 Å². The molecule has 1 aromatic carbocycles. The van der Waals surface area contributed by atoms with Crippen LogP contribution >= 0.6 is 0 Å². The maximum Gasteiger partial charge on any atom is 0.147 e. The third-order valence-electron chi connectivity index (χ3n) is 4.77. The van der Waals surface area contributed by atoms with E-state index in [1.54, 1.807) is 12.4 Å². The summed E-state index contributed by atoms with van der Waals surface area (Å²) in [5, 5.41) is 7.56. The molecule has 0 aliphatic carbocycles. The first kappa shape index (κ1) is 14.9. The molecule has 0 atom stereocenters. The molecule has 2 aromatic heterocycles. The lowest BCUT2D eigenvalue weighted by atomic mass is 9.90. The van der Waals surface area contributed by atoms with Gasteiger partial charge in [-0.2, -0.15) is 5.10 Å². The van der Waals surface area contributed by atoms with Crippen molar-refractivity contribution >= 4 is 5.82 Å². The molecule has 3 aromatic rings. The highest BCUT2D eigenvalue weighted by atomic mass is 15.2. The molecule has 0 radical (unpaired) electrons. The van der Waals surface area contributed by atoms with Gasteiger partial charge in [0, 0.05) is 43.5 Å². The Labute approximate surface area is 141 Å². The number of nitrogens with one attached hydrogen (secondary N) is 1. The minimum Gasteiger partial charge on any atom is -0.355 e. The number of H-pyrrole nitrogens is 1. The number of aromatic amines is 1. The molecular formula is C19H21N5. The van der Waals surface area contributed by atoms with Gasteiger partial charge in [-0.1, -0.05) is 30.3 Å². The molecule has 4 rings (SSSR count). The first-order valence-electron chi connectivity index (χ1n) is 8.47. The number of nitrogens with zero attached hydrogens (tertiary/aromatic N) is 4. The Morgan fingerprint density at radius 2 is 1.88 bits per heavy atom. The predicted molar refractivity (Wildman–Crippen MR) is 94.1 cm³/mol. The van der Waals surface area contributed by atoms with Crippen LogP contribution in [0.2, 0.25) is 0 Å². The molecular weight excluding hydrogens is 298 g/mol. The van der Waals surface area contributed by atoms with Gasteiger partial charge in [-0.3, -0.25) is 10.1 Å². The average molecular weight is 319 g/mol. The molecule has 5 heteroatoms. The summed E-state index contributed by atoms with van der Waals surface area (Å²) in [5.74, 6) is 1.52. The summed E-state index contributed by atoms with van der Waals surface area (Å²) in [6.07, 6.45) is 10.5. The Hall–Kier alpha value is -2.69. The van der Waals surface area contributed by atoms with Crippen molar-refractivity contribution in [2.75, 3.05) is 18.0 Å². The van der Waals surface area contributed by atoms with Crippen LogP contribution in [0.25, 0.3) is 0 Å². The van der Waals surface area contributed by atoms with E-state index < -0.39 is 0 Å². The second-order valence-electron chi connectivity index (χ2n) is 6.30. The number of rotatable bonds is 4. The fourth-order valence-electron chi connectivity index (χ4n) is 3.48. The lowest BCUT2D eigenvalue weighted by molar-refractivity contribution is 0.490. The zero-order valence-corrected chi connectivity index (χ0v) is 13.6. The molecule has 122 valence electrons. The molecule has 1 aliphatic heterocycles. The number of piperidine rings is 1. The van der Waals surface area contributed by atoms with Crippen LogP contribution in [0.15, 0.2) is 55.1 Å². The second kappa shape index (κ2) is 6.83. The Balaban J connectivity index is 1.44. The van der Waals surface area contributed by atoms with Crippen molar-refractivity contribution in [1.29, 1.82) is 0 Å². The predicted octanol–water partition coefficient (Wildman–Crippen LogP) is 3.17. The lowest BCUT2D eigenvalue weighted by Gasteiger charge is -2.32. The van der Waals surface area contributed by atoms with Crippen molar-refractivity contribution in [3.05, 3.63) is 71.9 Å². The number of aromatic nitrogens is 4. The molecule has 24 heavy (non-hydrogen) atoms. The second-order valence-corrected chi connectivity index (χ2v) is 6.30. The summed E-state index contributed by atoms with van der Waals surface area (Å²) in [7, 11) is 0. The summed E-state index contributed by atoms with van der Waals surface area (Å²) < 4.78 is 0. The van der Waals surface area contributed by atoms with Crippen molar-refractivity contribution in [2.45, 2.75) is 25.2 Å². The van der Waals surface area contributed by atoms with Crippen molar-refractivity contribution in [2.24, 2.45) is 0 Å². The third-order valence-corrected chi connectivity index (χ3v) is 4.77. The average Bonchev–Trinajstić information content (AvgIpc) is 3.11. The molecule has 0 bridgehead atoms. The molecule has 5 nitrogen and oxygen atoms in total. The Morgan fingerprint density at radius 1 is 1.04 bits per heavy atom. The zero-order chi connectivity index (χ0) is 16.2. The SMILES string of the molecule is c1ccc(Cc2cn[nH]c2C2CCN(c3cnccn3)CC2)cc1. The molecule has 1 fully saturated rings. The van der Waals surface area contributed by atoms with E-state index in [2.05, 4.69) is 55.4 Å². The van der Waals surface area contributed by atoms with E-state index in [4.69, 9.17) is 0 Å². The molecule has 0 unspecified atom stereocenters. The van der Waals surface area contributed by atoms with Gasteiger partial charge in [0.15, 0.2) is 0 Å². The van der Waals surface area contributed by atoms with Gasteiger partial charge in [0.25, 0.3) is 0 Å². The van der Waals surface area contributed by atoms with Crippen molar-refractivity contribution in [1.82, 2.24) is 20.2 Å². The van der Waals surface area contributed by atoms with Crippen molar-refractivity contribution in [3.63, 3.8) is 0 Å². The van der Waals surface area contributed by atoms with E-state index in [0.29, 0.717) is 5.92 Å². The van der Waals surface area contributed by atoms with Crippen LogP contribution in [0.5, 0.6) is 0 Å². The summed E-state index contributed by atoms with van der Waals surface area (Å²) >= 11 is 0. The molecule has 3 heterocycles. The normalized spacial score (nSPS) is 15.6. The number of hydrogen-bond donors (Lipinski definition) is 1. The molecule has 0 spiro atoms. The van der Waals surface area contributed by atoms with Gasteiger partial charge in [-0.25, -0.2) is 4.98 Å². The smallest absolute Gasteiger partial charge is 0.147 e. The molecule has 1 aliphatic rings. The van der Waals surface area contributed by atoms with Crippen LogP contribution < -0.4 is 4.90 Å². The fraction of sp³-hybridized carbons (Fsp3) is 0.316. The molecule has 0 saturated carbocycles. The Kier molecular flexibility index (Phi) is 4.23. The van der Waals surface area contributed by atoms with Crippen LogP contribution in [-0.2, 0) is 6.42 Å². The maximum absolute atomic E-state index is 4.41. The molecule has 1 N–H and O–H groups in total. The fourth-order valence-corrected chi connectivity index (χ4v) is 3.48. The van der Waals surface area contributed by atoms with Crippen LogP contribution in [0, 0.1) is 0 Å². The summed E-state index contributed by atoms with van der Waals surface area (Å²) in [6.45, 7) is 2.01.